The lowest BCUT2D eigenvalue weighted by molar-refractivity contribution is 0.373. The Morgan fingerprint density at radius 1 is 1.35 bits per heavy atom. The lowest BCUT2D eigenvalue weighted by Crippen LogP contribution is -2.40. The molecule has 0 fully saturated rings. The van der Waals surface area contributed by atoms with Gasteiger partial charge in [0.25, 0.3) is 0 Å². The molecular formula is C17H29N3. The molecule has 0 aliphatic carbocycles. The highest BCUT2D eigenvalue weighted by atomic mass is 15.2. The second kappa shape index (κ2) is 6.49. The van der Waals surface area contributed by atoms with Crippen molar-refractivity contribution in [3.63, 3.8) is 0 Å². The Balaban J connectivity index is 2.18. The number of hydrogen-bond acceptors (Lipinski definition) is 3. The second-order valence-electron chi connectivity index (χ2n) is 6.32. The standard InChI is InChI=1S/C17H29N3/c1-6-20(14(3)12-19(4)5)16-9-10-17-15(11-16)8-7-13(2)18-17/h9-11,13-14,18H,6-8,12H2,1-5H3. The first kappa shape index (κ1) is 15.2. The molecule has 3 heteroatoms. The van der Waals surface area contributed by atoms with Gasteiger partial charge in [0.15, 0.2) is 0 Å². The average Bonchev–Trinajstić information content (AvgIpc) is 2.38. The third kappa shape index (κ3) is 3.45. The van der Waals surface area contributed by atoms with Crippen LogP contribution >= 0.6 is 0 Å². The Morgan fingerprint density at radius 3 is 2.75 bits per heavy atom. The fraction of sp³-hybridized carbons (Fsp3) is 0.647. The van der Waals surface area contributed by atoms with Gasteiger partial charge in [0.1, 0.15) is 0 Å². The number of likely N-dealkylation sites (N-methyl/N-ethyl adjacent to an activating group) is 2. The zero-order valence-electron chi connectivity index (χ0n) is 13.6. The van der Waals surface area contributed by atoms with Gasteiger partial charge < -0.3 is 15.1 Å². The van der Waals surface area contributed by atoms with Crippen LogP contribution in [-0.2, 0) is 6.42 Å². The molecule has 2 atom stereocenters. The molecule has 0 spiro atoms. The Bertz CT molecular complexity index is 442. The number of fused-ring (bicyclic) bond motifs is 1. The van der Waals surface area contributed by atoms with Crippen molar-refractivity contribution >= 4 is 11.4 Å². The minimum Gasteiger partial charge on any atom is -0.382 e. The van der Waals surface area contributed by atoms with Crippen molar-refractivity contribution in [2.24, 2.45) is 0 Å². The van der Waals surface area contributed by atoms with Crippen LogP contribution in [-0.4, -0.2) is 44.2 Å². The maximum atomic E-state index is 3.58. The van der Waals surface area contributed by atoms with Crippen LogP contribution < -0.4 is 10.2 Å². The summed E-state index contributed by atoms with van der Waals surface area (Å²) in [5, 5.41) is 3.58. The van der Waals surface area contributed by atoms with E-state index in [1.807, 2.05) is 0 Å². The van der Waals surface area contributed by atoms with Gasteiger partial charge >= 0.3 is 0 Å². The molecule has 0 radical (unpaired) electrons. The van der Waals surface area contributed by atoms with E-state index in [0.29, 0.717) is 12.1 Å². The molecule has 0 aromatic heterocycles. The average molecular weight is 275 g/mol. The number of aryl methyl sites for hydroxylation is 1. The number of hydrogen-bond donors (Lipinski definition) is 1. The first-order valence-corrected chi connectivity index (χ1v) is 7.82. The quantitative estimate of drug-likeness (QED) is 0.890. The van der Waals surface area contributed by atoms with Gasteiger partial charge in [-0.25, -0.2) is 0 Å². The summed E-state index contributed by atoms with van der Waals surface area (Å²) in [7, 11) is 4.28. The molecule has 0 saturated carbocycles. The number of nitrogens with one attached hydrogen (secondary N) is 1. The fourth-order valence-corrected chi connectivity index (χ4v) is 3.19. The van der Waals surface area contributed by atoms with Crippen molar-refractivity contribution < 1.29 is 0 Å². The van der Waals surface area contributed by atoms with E-state index in [2.05, 4.69) is 68.2 Å². The monoisotopic (exact) mass is 275 g/mol. The molecule has 1 heterocycles. The van der Waals surface area contributed by atoms with E-state index in [-0.39, 0.29) is 0 Å². The molecule has 0 bridgehead atoms. The first-order chi connectivity index (χ1) is 9.51. The SMILES string of the molecule is CCN(c1ccc2c(c1)CCC(C)N2)C(C)CN(C)C. The highest BCUT2D eigenvalue weighted by Gasteiger charge is 2.18. The molecule has 1 N–H and O–H groups in total. The van der Waals surface area contributed by atoms with Crippen molar-refractivity contribution in [1.82, 2.24) is 4.90 Å². The predicted molar refractivity (Wildman–Crippen MR) is 88.9 cm³/mol. The summed E-state index contributed by atoms with van der Waals surface area (Å²) in [6.07, 6.45) is 2.42. The van der Waals surface area contributed by atoms with E-state index >= 15 is 0 Å². The highest BCUT2D eigenvalue weighted by molar-refractivity contribution is 5.62. The Labute approximate surface area is 124 Å². The molecule has 2 rings (SSSR count). The van der Waals surface area contributed by atoms with Gasteiger partial charge in [0.05, 0.1) is 0 Å². The summed E-state index contributed by atoms with van der Waals surface area (Å²) in [5.74, 6) is 0. The maximum absolute atomic E-state index is 3.58. The van der Waals surface area contributed by atoms with Crippen molar-refractivity contribution in [1.29, 1.82) is 0 Å². The topological polar surface area (TPSA) is 18.5 Å². The molecule has 2 unspecified atom stereocenters. The molecule has 20 heavy (non-hydrogen) atoms. The van der Waals surface area contributed by atoms with Crippen LogP contribution in [0.15, 0.2) is 18.2 Å². The van der Waals surface area contributed by atoms with Crippen LogP contribution in [0.4, 0.5) is 11.4 Å². The maximum Gasteiger partial charge on any atom is 0.0388 e. The van der Waals surface area contributed by atoms with Gasteiger partial charge in [-0.2, -0.15) is 0 Å². The lowest BCUT2D eigenvalue weighted by Gasteiger charge is -2.33. The van der Waals surface area contributed by atoms with Crippen molar-refractivity contribution in [3.05, 3.63) is 23.8 Å². The highest BCUT2D eigenvalue weighted by Crippen LogP contribution is 2.29. The van der Waals surface area contributed by atoms with E-state index < -0.39 is 0 Å². The van der Waals surface area contributed by atoms with Crippen LogP contribution in [0.25, 0.3) is 0 Å². The summed E-state index contributed by atoms with van der Waals surface area (Å²) in [4.78, 5) is 4.76. The zero-order valence-corrected chi connectivity index (χ0v) is 13.6. The summed E-state index contributed by atoms with van der Waals surface area (Å²) in [5.41, 5.74) is 4.15. The smallest absolute Gasteiger partial charge is 0.0388 e. The van der Waals surface area contributed by atoms with E-state index in [0.717, 1.165) is 13.1 Å². The normalized spacial score (nSPS) is 19.4. The largest absolute Gasteiger partial charge is 0.382 e. The van der Waals surface area contributed by atoms with E-state index in [1.54, 1.807) is 0 Å². The molecule has 1 aliphatic heterocycles. The number of rotatable bonds is 5. The van der Waals surface area contributed by atoms with E-state index in [9.17, 15) is 0 Å². The minimum absolute atomic E-state index is 0.531. The van der Waals surface area contributed by atoms with Crippen LogP contribution in [0.5, 0.6) is 0 Å². The molecule has 0 amide bonds. The minimum atomic E-state index is 0.531. The van der Waals surface area contributed by atoms with E-state index in [1.165, 1.54) is 29.8 Å². The van der Waals surface area contributed by atoms with Gasteiger partial charge in [0, 0.05) is 36.5 Å². The Morgan fingerprint density at radius 2 is 2.10 bits per heavy atom. The van der Waals surface area contributed by atoms with Crippen molar-refractivity contribution in [2.75, 3.05) is 37.4 Å². The summed E-state index contributed by atoms with van der Waals surface area (Å²) < 4.78 is 0. The molecule has 112 valence electrons. The third-order valence-electron chi connectivity index (χ3n) is 4.17. The van der Waals surface area contributed by atoms with Crippen LogP contribution in [0.3, 0.4) is 0 Å². The van der Waals surface area contributed by atoms with Crippen LogP contribution in [0.2, 0.25) is 0 Å². The summed E-state index contributed by atoms with van der Waals surface area (Å²) in [6.45, 7) is 8.95. The Kier molecular flexibility index (Phi) is 4.92. The summed E-state index contributed by atoms with van der Waals surface area (Å²) >= 11 is 0. The lowest BCUT2D eigenvalue weighted by atomic mass is 9.98. The second-order valence-corrected chi connectivity index (χ2v) is 6.32. The van der Waals surface area contributed by atoms with Crippen LogP contribution in [0, 0.1) is 0 Å². The Hall–Kier alpha value is -1.22. The molecule has 0 saturated heterocycles. The van der Waals surface area contributed by atoms with Crippen molar-refractivity contribution in [3.8, 4) is 0 Å². The number of benzene rings is 1. The molecule has 1 aromatic rings. The zero-order chi connectivity index (χ0) is 14.7. The van der Waals surface area contributed by atoms with Gasteiger partial charge in [-0.05, 0) is 71.5 Å². The summed E-state index contributed by atoms with van der Waals surface area (Å²) in [6, 6.07) is 8.03. The van der Waals surface area contributed by atoms with E-state index in [4.69, 9.17) is 0 Å². The van der Waals surface area contributed by atoms with Crippen molar-refractivity contribution in [2.45, 2.75) is 45.7 Å². The molecule has 1 aliphatic rings. The predicted octanol–water partition coefficient (Wildman–Crippen LogP) is 3.21. The molecule has 3 nitrogen and oxygen atoms in total. The van der Waals surface area contributed by atoms with Crippen LogP contribution in [0.1, 0.15) is 32.8 Å². The van der Waals surface area contributed by atoms with Gasteiger partial charge in [-0.15, -0.1) is 0 Å². The molecule has 1 aromatic carbocycles. The third-order valence-corrected chi connectivity index (χ3v) is 4.17. The van der Waals surface area contributed by atoms with Gasteiger partial charge in [-0.1, -0.05) is 0 Å². The van der Waals surface area contributed by atoms with Gasteiger partial charge in [-0.3, -0.25) is 0 Å². The first-order valence-electron chi connectivity index (χ1n) is 7.82. The fourth-order valence-electron chi connectivity index (χ4n) is 3.19. The number of anilines is 2. The molecular weight excluding hydrogens is 246 g/mol. The number of nitrogens with zero attached hydrogens (tertiary/aromatic N) is 2. The van der Waals surface area contributed by atoms with Gasteiger partial charge in [0.2, 0.25) is 0 Å².